The number of halogens is 2. The summed E-state index contributed by atoms with van der Waals surface area (Å²) in [5.74, 6) is 2.24. The summed E-state index contributed by atoms with van der Waals surface area (Å²) < 4.78 is 11.9. The molecule has 0 saturated carbocycles. The topological polar surface area (TPSA) is 47.6 Å². The fraction of sp³-hybridized carbons (Fsp3) is 0.235. The number of rotatable bonds is 5. The number of ether oxygens (including phenoxy) is 2. The lowest BCUT2D eigenvalue weighted by atomic mass is 10.2. The molecule has 1 aliphatic heterocycles. The monoisotopic (exact) mass is 427 g/mol. The lowest BCUT2D eigenvalue weighted by Crippen LogP contribution is -2.16. The van der Waals surface area contributed by atoms with Crippen LogP contribution in [-0.2, 0) is 10.5 Å². The van der Waals surface area contributed by atoms with E-state index in [1.165, 1.54) is 11.8 Å². The zero-order chi connectivity index (χ0) is 16.9. The van der Waals surface area contributed by atoms with Crippen LogP contribution in [0.5, 0.6) is 11.5 Å². The van der Waals surface area contributed by atoms with Gasteiger partial charge in [-0.05, 0) is 45.8 Å². The first-order chi connectivity index (χ1) is 11.6. The van der Waals surface area contributed by atoms with Crippen LogP contribution in [0.15, 0.2) is 40.9 Å². The molecule has 0 spiro atoms. The Hall–Kier alpha value is -1.37. The highest BCUT2D eigenvalue weighted by Crippen LogP contribution is 2.39. The van der Waals surface area contributed by atoms with E-state index < -0.39 is 0 Å². The molecule has 0 fully saturated rings. The minimum absolute atomic E-state index is 0.0458. The van der Waals surface area contributed by atoms with Crippen LogP contribution in [0, 0.1) is 0 Å². The van der Waals surface area contributed by atoms with E-state index in [9.17, 15) is 4.79 Å². The summed E-state index contributed by atoms with van der Waals surface area (Å²) in [7, 11) is 0. The third-order valence-electron chi connectivity index (χ3n) is 3.31. The maximum Gasteiger partial charge on any atom is 0.234 e. The van der Waals surface area contributed by atoms with E-state index in [-0.39, 0.29) is 5.91 Å². The van der Waals surface area contributed by atoms with Crippen molar-refractivity contribution in [2.75, 3.05) is 24.3 Å². The van der Waals surface area contributed by atoms with Crippen LogP contribution in [-0.4, -0.2) is 24.9 Å². The molecule has 24 heavy (non-hydrogen) atoms. The molecule has 126 valence electrons. The van der Waals surface area contributed by atoms with Gasteiger partial charge in [0.2, 0.25) is 5.91 Å². The number of para-hydroxylation sites is 1. The third kappa shape index (κ3) is 4.37. The van der Waals surface area contributed by atoms with Crippen molar-refractivity contribution in [1.29, 1.82) is 0 Å². The summed E-state index contributed by atoms with van der Waals surface area (Å²) in [5, 5.41) is 3.42. The minimum Gasteiger partial charge on any atom is -0.486 e. The summed E-state index contributed by atoms with van der Waals surface area (Å²) in [5.41, 5.74) is 1.77. The minimum atomic E-state index is -0.0458. The Kier molecular flexibility index (Phi) is 5.92. The van der Waals surface area contributed by atoms with Crippen LogP contribution in [0.1, 0.15) is 5.56 Å². The highest BCUT2D eigenvalue weighted by molar-refractivity contribution is 9.10. The number of hydrogen-bond donors (Lipinski definition) is 1. The summed E-state index contributed by atoms with van der Waals surface area (Å²) in [4.78, 5) is 12.0. The Labute approximate surface area is 158 Å². The Balaban J connectivity index is 1.54. The van der Waals surface area contributed by atoms with Crippen molar-refractivity contribution in [3.8, 4) is 11.5 Å². The number of thioether (sulfide) groups is 1. The number of carbonyl (C=O) groups is 1. The van der Waals surface area contributed by atoms with E-state index in [4.69, 9.17) is 21.1 Å². The van der Waals surface area contributed by atoms with Gasteiger partial charge < -0.3 is 14.8 Å². The second-order valence-electron chi connectivity index (χ2n) is 5.12. The quantitative estimate of drug-likeness (QED) is 0.747. The van der Waals surface area contributed by atoms with Gasteiger partial charge in [-0.2, -0.15) is 0 Å². The molecule has 2 aromatic carbocycles. The average molecular weight is 429 g/mol. The molecule has 4 nitrogen and oxygen atoms in total. The van der Waals surface area contributed by atoms with Gasteiger partial charge in [0.1, 0.15) is 13.2 Å². The molecule has 0 atom stereocenters. The molecule has 0 bridgehead atoms. The highest BCUT2D eigenvalue weighted by atomic mass is 79.9. The molecule has 0 aliphatic carbocycles. The standard InChI is InChI=1S/C17H15BrClNO3S/c18-12-3-1-2-4-14(12)20-16(21)10-24-9-11-7-13(19)17-15(8-11)22-5-6-23-17/h1-4,7-8H,5-6,9-10H2,(H,20,21). The molecular formula is C17H15BrClNO3S. The molecular weight excluding hydrogens is 414 g/mol. The van der Waals surface area contributed by atoms with E-state index in [0.29, 0.717) is 41.2 Å². The lowest BCUT2D eigenvalue weighted by molar-refractivity contribution is -0.113. The van der Waals surface area contributed by atoms with Gasteiger partial charge in [-0.15, -0.1) is 11.8 Å². The number of amides is 1. The molecule has 1 amide bonds. The Morgan fingerprint density at radius 1 is 1.25 bits per heavy atom. The van der Waals surface area contributed by atoms with Crippen molar-refractivity contribution in [1.82, 2.24) is 0 Å². The van der Waals surface area contributed by atoms with Crippen LogP contribution in [0.2, 0.25) is 5.02 Å². The molecule has 1 heterocycles. The van der Waals surface area contributed by atoms with Crippen molar-refractivity contribution in [3.05, 3.63) is 51.5 Å². The molecule has 3 rings (SSSR count). The van der Waals surface area contributed by atoms with Gasteiger partial charge in [0.05, 0.1) is 16.5 Å². The number of benzene rings is 2. The van der Waals surface area contributed by atoms with Gasteiger partial charge in [-0.3, -0.25) is 4.79 Å². The summed E-state index contributed by atoms with van der Waals surface area (Å²) in [6, 6.07) is 11.3. The molecule has 7 heteroatoms. The number of hydrogen-bond acceptors (Lipinski definition) is 4. The molecule has 0 unspecified atom stereocenters. The molecule has 1 aliphatic rings. The molecule has 0 aromatic heterocycles. The van der Waals surface area contributed by atoms with Gasteiger partial charge >= 0.3 is 0 Å². The van der Waals surface area contributed by atoms with Gasteiger partial charge in [0, 0.05) is 10.2 Å². The summed E-state index contributed by atoms with van der Waals surface area (Å²) >= 11 is 11.1. The first-order valence-electron chi connectivity index (χ1n) is 7.33. The predicted molar refractivity (Wildman–Crippen MR) is 101 cm³/mol. The molecule has 2 aromatic rings. The zero-order valence-electron chi connectivity index (χ0n) is 12.7. The Morgan fingerprint density at radius 2 is 2.04 bits per heavy atom. The van der Waals surface area contributed by atoms with Crippen LogP contribution < -0.4 is 14.8 Å². The smallest absolute Gasteiger partial charge is 0.234 e. The SMILES string of the molecule is O=C(CSCc1cc(Cl)c2c(c1)OCCO2)Nc1ccccc1Br. The zero-order valence-corrected chi connectivity index (χ0v) is 15.8. The molecule has 0 saturated heterocycles. The normalized spacial score (nSPS) is 12.8. The van der Waals surface area contributed by atoms with Gasteiger partial charge in [0.15, 0.2) is 11.5 Å². The van der Waals surface area contributed by atoms with E-state index in [2.05, 4.69) is 21.2 Å². The van der Waals surface area contributed by atoms with E-state index in [1.54, 1.807) is 0 Å². The van der Waals surface area contributed by atoms with Gasteiger partial charge in [-0.25, -0.2) is 0 Å². The van der Waals surface area contributed by atoms with Crippen LogP contribution in [0.4, 0.5) is 5.69 Å². The van der Waals surface area contributed by atoms with Crippen molar-refractivity contribution in [2.24, 2.45) is 0 Å². The Morgan fingerprint density at radius 3 is 2.88 bits per heavy atom. The summed E-state index contributed by atoms with van der Waals surface area (Å²) in [6.07, 6.45) is 0. The van der Waals surface area contributed by atoms with Crippen LogP contribution in [0.3, 0.4) is 0 Å². The van der Waals surface area contributed by atoms with Gasteiger partial charge in [0.25, 0.3) is 0 Å². The van der Waals surface area contributed by atoms with Gasteiger partial charge in [-0.1, -0.05) is 23.7 Å². The number of fused-ring (bicyclic) bond motifs is 1. The maximum atomic E-state index is 12.0. The molecule has 0 radical (unpaired) electrons. The predicted octanol–water partition coefficient (Wildman–Crippen LogP) is 4.75. The maximum absolute atomic E-state index is 12.0. The fourth-order valence-electron chi connectivity index (χ4n) is 2.26. The van der Waals surface area contributed by atoms with Crippen molar-refractivity contribution in [2.45, 2.75) is 5.75 Å². The van der Waals surface area contributed by atoms with E-state index >= 15 is 0 Å². The third-order valence-corrected chi connectivity index (χ3v) is 5.28. The highest BCUT2D eigenvalue weighted by Gasteiger charge is 2.16. The number of anilines is 1. The first kappa shape index (κ1) is 17.5. The number of nitrogens with one attached hydrogen (secondary N) is 1. The van der Waals surface area contributed by atoms with E-state index in [1.807, 2.05) is 36.4 Å². The van der Waals surface area contributed by atoms with Crippen LogP contribution in [0.25, 0.3) is 0 Å². The largest absolute Gasteiger partial charge is 0.486 e. The fourth-order valence-corrected chi connectivity index (χ4v) is 3.69. The van der Waals surface area contributed by atoms with Crippen molar-refractivity contribution >= 4 is 50.9 Å². The second kappa shape index (κ2) is 8.14. The van der Waals surface area contributed by atoms with Crippen molar-refractivity contribution < 1.29 is 14.3 Å². The first-order valence-corrected chi connectivity index (χ1v) is 9.66. The Bertz CT molecular complexity index is 757. The summed E-state index contributed by atoms with van der Waals surface area (Å²) in [6.45, 7) is 1.03. The second-order valence-corrected chi connectivity index (χ2v) is 7.37. The van der Waals surface area contributed by atoms with Crippen molar-refractivity contribution in [3.63, 3.8) is 0 Å². The number of carbonyl (C=O) groups excluding carboxylic acids is 1. The molecule has 1 N–H and O–H groups in total. The average Bonchev–Trinajstić information content (AvgIpc) is 2.57. The van der Waals surface area contributed by atoms with Crippen LogP contribution >= 0.6 is 39.3 Å². The lowest BCUT2D eigenvalue weighted by Gasteiger charge is -2.20. The van der Waals surface area contributed by atoms with E-state index in [0.717, 1.165) is 15.7 Å².